The summed E-state index contributed by atoms with van der Waals surface area (Å²) in [7, 11) is 0. The van der Waals surface area contributed by atoms with E-state index in [-0.39, 0.29) is 6.17 Å². The molecule has 5 nitrogen and oxygen atoms in total. The van der Waals surface area contributed by atoms with Crippen molar-refractivity contribution < 1.29 is 4.42 Å². The molecule has 0 bridgehead atoms. The van der Waals surface area contributed by atoms with Crippen molar-refractivity contribution in [2.75, 3.05) is 0 Å². The third-order valence-electron chi connectivity index (χ3n) is 11.3. The maximum atomic E-state index is 6.88. The van der Waals surface area contributed by atoms with Crippen molar-refractivity contribution in [3.63, 3.8) is 0 Å². The van der Waals surface area contributed by atoms with Gasteiger partial charge in [0, 0.05) is 58.4 Å². The summed E-state index contributed by atoms with van der Waals surface area (Å²) in [6.45, 7) is 0. The summed E-state index contributed by atoms with van der Waals surface area (Å²) in [6.07, 6.45) is -0.325. The van der Waals surface area contributed by atoms with Crippen LogP contribution in [0.5, 0.6) is 0 Å². The minimum atomic E-state index is -0.325. The van der Waals surface area contributed by atoms with Crippen LogP contribution in [0, 0.1) is 0 Å². The lowest BCUT2D eigenvalue weighted by Crippen LogP contribution is -2.33. The molecule has 0 fully saturated rings. The van der Waals surface area contributed by atoms with Gasteiger partial charge < -0.3 is 14.3 Å². The highest BCUT2D eigenvalue weighted by Crippen LogP contribution is 2.45. The van der Waals surface area contributed by atoms with Crippen LogP contribution in [0.1, 0.15) is 22.9 Å². The predicted octanol–water partition coefficient (Wildman–Crippen LogP) is 13.2. The highest BCUT2D eigenvalue weighted by atomic mass is 32.1. The van der Waals surface area contributed by atoms with E-state index in [0.717, 1.165) is 72.6 Å². The highest BCUT2D eigenvalue weighted by Gasteiger charge is 2.25. The molecule has 268 valence electrons. The number of hydrogen-bond acceptors (Lipinski definition) is 5. The SMILES string of the molecule is c1ccc(C2=NC(c3cccc4sc5c(-c6ccc7c(c6)oc6c(-n8c9ccccc9c9ccccc98)cccc67)cccc5c34)NC(c3ccccc3)=N2)cc1. The number of aliphatic imine (C=N–C) groups is 2. The van der Waals surface area contributed by atoms with E-state index < -0.39 is 0 Å². The smallest absolute Gasteiger partial charge is 0.159 e. The molecule has 57 heavy (non-hydrogen) atoms. The molecule has 0 aliphatic carbocycles. The van der Waals surface area contributed by atoms with Gasteiger partial charge in [-0.3, -0.25) is 0 Å². The predicted molar refractivity (Wildman–Crippen MR) is 238 cm³/mol. The molecule has 0 radical (unpaired) electrons. The van der Waals surface area contributed by atoms with Gasteiger partial charge in [-0.25, -0.2) is 9.98 Å². The minimum absolute atomic E-state index is 0.325. The first-order valence-electron chi connectivity index (χ1n) is 19.2. The second-order valence-corrected chi connectivity index (χ2v) is 15.6. The Morgan fingerprint density at radius 1 is 0.544 bits per heavy atom. The van der Waals surface area contributed by atoms with E-state index in [4.69, 9.17) is 14.4 Å². The number of nitrogens with zero attached hydrogens (tertiary/aromatic N) is 3. The Bertz CT molecular complexity index is 3390. The number of benzene rings is 8. The summed E-state index contributed by atoms with van der Waals surface area (Å²) in [5.41, 5.74) is 10.6. The van der Waals surface area contributed by atoms with Crippen molar-refractivity contribution in [1.82, 2.24) is 9.88 Å². The van der Waals surface area contributed by atoms with Gasteiger partial charge in [0.1, 0.15) is 17.6 Å². The van der Waals surface area contributed by atoms with Gasteiger partial charge in [-0.1, -0.05) is 146 Å². The zero-order chi connectivity index (χ0) is 37.5. The Morgan fingerprint density at radius 3 is 2.00 bits per heavy atom. The van der Waals surface area contributed by atoms with Crippen molar-refractivity contribution in [1.29, 1.82) is 0 Å². The Hall–Kier alpha value is -7.28. The van der Waals surface area contributed by atoms with Gasteiger partial charge >= 0.3 is 0 Å². The standard InChI is InChI=1S/C51H32N4OS/c1-3-14-31(15-4-1)49-52-50(32-16-5-2-6-17-32)54-51(53-49)40-23-13-27-45-46(40)39-22-11-20-34(48(39)57-45)33-28-29-37-38-21-12-26-43(47(38)56-44(37)30-33)55-41-24-9-7-18-35(41)36-19-8-10-25-42(36)55/h1-30,51H,(H,52,53,54). The fourth-order valence-electron chi connectivity index (χ4n) is 8.71. The van der Waals surface area contributed by atoms with Crippen LogP contribution >= 0.6 is 11.3 Å². The van der Waals surface area contributed by atoms with Gasteiger partial charge in [0.05, 0.1) is 16.7 Å². The van der Waals surface area contributed by atoms with Crippen molar-refractivity contribution in [3.8, 4) is 16.8 Å². The van der Waals surface area contributed by atoms with Crippen molar-refractivity contribution in [2.24, 2.45) is 9.98 Å². The molecular formula is C51H32N4OS. The van der Waals surface area contributed by atoms with E-state index in [1.54, 1.807) is 0 Å². The highest BCUT2D eigenvalue weighted by molar-refractivity contribution is 7.26. The molecular weight excluding hydrogens is 717 g/mol. The molecule has 0 amide bonds. The van der Waals surface area contributed by atoms with Gasteiger partial charge in [0.2, 0.25) is 0 Å². The molecule has 1 aliphatic heterocycles. The zero-order valence-corrected chi connectivity index (χ0v) is 31.4. The summed E-state index contributed by atoms with van der Waals surface area (Å²) < 4.78 is 11.7. The molecule has 11 aromatic rings. The quantitative estimate of drug-likeness (QED) is 0.191. The van der Waals surface area contributed by atoms with Crippen LogP contribution in [0.15, 0.2) is 196 Å². The lowest BCUT2D eigenvalue weighted by molar-refractivity contribution is 0.666. The van der Waals surface area contributed by atoms with Crippen LogP contribution < -0.4 is 5.32 Å². The van der Waals surface area contributed by atoms with E-state index in [2.05, 4.69) is 155 Å². The summed E-state index contributed by atoms with van der Waals surface area (Å²) in [5.74, 6) is 1.53. The van der Waals surface area contributed by atoms with Crippen LogP contribution in [-0.4, -0.2) is 16.2 Å². The molecule has 3 aromatic heterocycles. The van der Waals surface area contributed by atoms with Crippen LogP contribution in [0.2, 0.25) is 0 Å². The molecule has 1 atom stereocenters. The number of furan rings is 1. The summed E-state index contributed by atoms with van der Waals surface area (Å²) in [6, 6.07) is 64.2. The third kappa shape index (κ3) is 5.01. The Morgan fingerprint density at radius 2 is 1.21 bits per heavy atom. The molecule has 4 heterocycles. The second kappa shape index (κ2) is 12.6. The molecule has 1 N–H and O–H groups in total. The second-order valence-electron chi connectivity index (χ2n) is 14.5. The zero-order valence-electron chi connectivity index (χ0n) is 30.6. The topological polar surface area (TPSA) is 54.8 Å². The average molecular weight is 749 g/mol. The first-order chi connectivity index (χ1) is 28.3. The molecule has 0 saturated carbocycles. The molecule has 0 saturated heterocycles. The Labute approximate surface area is 331 Å². The number of rotatable bonds is 5. The minimum Gasteiger partial charge on any atom is -0.454 e. The van der Waals surface area contributed by atoms with Gasteiger partial charge in [-0.2, -0.15) is 0 Å². The number of amidine groups is 2. The summed E-state index contributed by atoms with van der Waals surface area (Å²) in [4.78, 5) is 10.3. The van der Waals surface area contributed by atoms with Crippen molar-refractivity contribution in [2.45, 2.75) is 6.17 Å². The monoisotopic (exact) mass is 748 g/mol. The van der Waals surface area contributed by atoms with Gasteiger partial charge in [-0.05, 0) is 47.5 Å². The third-order valence-corrected chi connectivity index (χ3v) is 12.5. The van der Waals surface area contributed by atoms with E-state index in [0.29, 0.717) is 0 Å². The number of nitrogens with one attached hydrogen (secondary N) is 1. The van der Waals surface area contributed by atoms with Crippen LogP contribution in [0.25, 0.3) is 80.7 Å². The number of hydrogen-bond donors (Lipinski definition) is 1. The van der Waals surface area contributed by atoms with E-state index in [9.17, 15) is 0 Å². The largest absolute Gasteiger partial charge is 0.454 e. The molecule has 1 aliphatic rings. The molecule has 8 aromatic carbocycles. The van der Waals surface area contributed by atoms with Crippen molar-refractivity contribution >= 4 is 86.9 Å². The number of aromatic nitrogens is 1. The number of thiophene rings is 1. The van der Waals surface area contributed by atoms with E-state index in [1.807, 2.05) is 47.7 Å². The summed E-state index contributed by atoms with van der Waals surface area (Å²) >= 11 is 1.83. The Kier molecular flexibility index (Phi) is 7.09. The fraction of sp³-hybridized carbons (Fsp3) is 0.0196. The fourth-order valence-corrected chi connectivity index (χ4v) is 9.98. The summed E-state index contributed by atoms with van der Waals surface area (Å²) in [5, 5.41) is 10.8. The number of para-hydroxylation sites is 3. The van der Waals surface area contributed by atoms with E-state index in [1.165, 1.54) is 36.5 Å². The Balaban J connectivity index is 0.998. The lowest BCUT2D eigenvalue weighted by atomic mass is 9.98. The van der Waals surface area contributed by atoms with Gasteiger partial charge in [0.25, 0.3) is 0 Å². The van der Waals surface area contributed by atoms with Gasteiger partial charge in [-0.15, -0.1) is 11.3 Å². The maximum absolute atomic E-state index is 6.88. The lowest BCUT2D eigenvalue weighted by Gasteiger charge is -2.24. The van der Waals surface area contributed by atoms with Gasteiger partial charge in [0.15, 0.2) is 11.4 Å². The molecule has 0 spiro atoms. The molecule has 1 unspecified atom stereocenters. The normalized spacial score (nSPS) is 14.5. The molecule has 6 heteroatoms. The first-order valence-corrected chi connectivity index (χ1v) is 20.0. The molecule has 12 rings (SSSR count). The van der Waals surface area contributed by atoms with Crippen LogP contribution in [-0.2, 0) is 0 Å². The van der Waals surface area contributed by atoms with Crippen LogP contribution in [0.3, 0.4) is 0 Å². The average Bonchev–Trinajstić information content (AvgIpc) is 3.96. The number of fused-ring (bicyclic) bond motifs is 9. The first kappa shape index (κ1) is 32.0. The van der Waals surface area contributed by atoms with Crippen molar-refractivity contribution in [3.05, 3.63) is 199 Å². The maximum Gasteiger partial charge on any atom is 0.159 e. The van der Waals surface area contributed by atoms with Crippen LogP contribution in [0.4, 0.5) is 0 Å². The van der Waals surface area contributed by atoms with E-state index >= 15 is 0 Å².